The van der Waals surface area contributed by atoms with E-state index in [2.05, 4.69) is 26.2 Å². The van der Waals surface area contributed by atoms with Gasteiger partial charge in [-0.1, -0.05) is 6.07 Å². The number of likely N-dealkylation sites (tertiary alicyclic amines) is 1. The number of pyridine rings is 1. The Hall–Kier alpha value is -1.66. The summed E-state index contributed by atoms with van der Waals surface area (Å²) < 4.78 is 0. The quantitative estimate of drug-likeness (QED) is 0.859. The number of aromatic nitrogens is 1. The number of nitrogens with zero attached hydrogens (tertiary/aromatic N) is 4. The Morgan fingerprint density at radius 1 is 1.25 bits per heavy atom. The van der Waals surface area contributed by atoms with Crippen molar-refractivity contribution in [3.8, 4) is 0 Å². The van der Waals surface area contributed by atoms with Crippen molar-refractivity contribution < 1.29 is 4.79 Å². The van der Waals surface area contributed by atoms with Gasteiger partial charge in [0, 0.05) is 52.0 Å². The first-order valence-electron chi connectivity index (χ1n) is 9.07. The van der Waals surface area contributed by atoms with Gasteiger partial charge in [0.05, 0.1) is 6.54 Å². The topological polar surface area (TPSA) is 51.7 Å². The number of hydrogen-bond donors (Lipinski definition) is 1. The van der Waals surface area contributed by atoms with Crippen LogP contribution in [0.5, 0.6) is 0 Å². The van der Waals surface area contributed by atoms with Crippen LogP contribution in [0, 0.1) is 5.92 Å². The highest BCUT2D eigenvalue weighted by molar-refractivity contribution is 5.78. The third-order valence-electron chi connectivity index (χ3n) is 5.06. The number of nitrogens with one attached hydrogen (secondary N) is 1. The van der Waals surface area contributed by atoms with E-state index in [1.54, 1.807) is 0 Å². The minimum Gasteiger partial charge on any atom is -0.354 e. The van der Waals surface area contributed by atoms with Crippen LogP contribution in [0.15, 0.2) is 24.4 Å². The van der Waals surface area contributed by atoms with Gasteiger partial charge >= 0.3 is 0 Å². The summed E-state index contributed by atoms with van der Waals surface area (Å²) in [5, 5.41) is 2.97. The van der Waals surface area contributed by atoms with E-state index in [0.717, 1.165) is 58.1 Å². The number of likely N-dealkylation sites (N-methyl/N-ethyl adjacent to an activating group) is 1. The molecule has 2 aliphatic heterocycles. The van der Waals surface area contributed by atoms with E-state index >= 15 is 0 Å². The molecule has 24 heavy (non-hydrogen) atoms. The SMILES string of the molecule is CNCC(=O)N1CCCC(CN2CCN(c3ccccn3)CC2)C1. The molecule has 2 aliphatic rings. The molecule has 0 saturated carbocycles. The lowest BCUT2D eigenvalue weighted by atomic mass is 9.97. The van der Waals surface area contributed by atoms with E-state index in [1.807, 2.05) is 30.3 Å². The second kappa shape index (κ2) is 8.44. The molecule has 6 nitrogen and oxygen atoms in total. The zero-order valence-electron chi connectivity index (χ0n) is 14.7. The molecule has 132 valence electrons. The lowest BCUT2D eigenvalue weighted by Crippen LogP contribution is -2.51. The van der Waals surface area contributed by atoms with Gasteiger partial charge in [0.15, 0.2) is 0 Å². The Kier molecular flexibility index (Phi) is 6.04. The van der Waals surface area contributed by atoms with Gasteiger partial charge in [0.2, 0.25) is 5.91 Å². The average molecular weight is 331 g/mol. The lowest BCUT2D eigenvalue weighted by Gasteiger charge is -2.39. The van der Waals surface area contributed by atoms with Crippen LogP contribution in [-0.2, 0) is 4.79 Å². The molecule has 1 aromatic rings. The van der Waals surface area contributed by atoms with Crippen molar-refractivity contribution >= 4 is 11.7 Å². The maximum atomic E-state index is 12.1. The second-order valence-corrected chi connectivity index (χ2v) is 6.85. The number of amides is 1. The molecule has 3 rings (SSSR count). The predicted octanol–water partition coefficient (Wildman–Crippen LogP) is 0.662. The minimum atomic E-state index is 0.238. The third kappa shape index (κ3) is 4.45. The molecule has 1 unspecified atom stereocenters. The molecule has 0 aliphatic carbocycles. The average Bonchev–Trinajstić information content (AvgIpc) is 2.63. The van der Waals surface area contributed by atoms with E-state index in [4.69, 9.17) is 0 Å². The molecule has 2 fully saturated rings. The van der Waals surface area contributed by atoms with Crippen molar-refractivity contribution in [3.05, 3.63) is 24.4 Å². The predicted molar refractivity (Wildman–Crippen MR) is 96.1 cm³/mol. The van der Waals surface area contributed by atoms with Gasteiger partial charge in [-0.2, -0.15) is 0 Å². The maximum absolute atomic E-state index is 12.1. The number of carbonyl (C=O) groups is 1. The highest BCUT2D eigenvalue weighted by Gasteiger charge is 2.26. The van der Waals surface area contributed by atoms with Crippen molar-refractivity contribution in [1.29, 1.82) is 0 Å². The standard InChI is InChI=1S/C18H29N5O/c1-19-13-18(24)23-8-4-5-16(15-23)14-21-9-11-22(12-10-21)17-6-2-3-7-20-17/h2-3,6-7,16,19H,4-5,8-15H2,1H3. The smallest absolute Gasteiger partial charge is 0.236 e. The van der Waals surface area contributed by atoms with E-state index in [9.17, 15) is 4.79 Å². The maximum Gasteiger partial charge on any atom is 0.236 e. The molecule has 1 amide bonds. The Balaban J connectivity index is 1.45. The monoisotopic (exact) mass is 331 g/mol. The van der Waals surface area contributed by atoms with Crippen LogP contribution in [0.1, 0.15) is 12.8 Å². The van der Waals surface area contributed by atoms with Crippen LogP contribution in [-0.4, -0.2) is 80.1 Å². The van der Waals surface area contributed by atoms with Crippen molar-refractivity contribution in [2.75, 3.05) is 64.3 Å². The number of anilines is 1. The number of piperazine rings is 1. The summed E-state index contributed by atoms with van der Waals surface area (Å²) in [4.78, 5) is 23.5. The van der Waals surface area contributed by atoms with Gasteiger partial charge in [-0.05, 0) is 37.9 Å². The van der Waals surface area contributed by atoms with Crippen LogP contribution in [0.3, 0.4) is 0 Å². The summed E-state index contributed by atoms with van der Waals surface area (Å²) >= 11 is 0. The molecule has 0 bridgehead atoms. The molecule has 3 heterocycles. The largest absolute Gasteiger partial charge is 0.354 e. The summed E-state index contributed by atoms with van der Waals surface area (Å²) in [6.45, 7) is 7.63. The summed E-state index contributed by atoms with van der Waals surface area (Å²) in [7, 11) is 1.83. The molecule has 2 saturated heterocycles. The van der Waals surface area contributed by atoms with Gasteiger partial charge in [0.25, 0.3) is 0 Å². The van der Waals surface area contributed by atoms with Gasteiger partial charge in [0.1, 0.15) is 5.82 Å². The number of piperidine rings is 1. The summed E-state index contributed by atoms with van der Waals surface area (Å²) in [5.74, 6) is 1.93. The van der Waals surface area contributed by atoms with Gasteiger partial charge < -0.3 is 15.1 Å². The summed E-state index contributed by atoms with van der Waals surface area (Å²) in [6, 6.07) is 6.10. The number of carbonyl (C=O) groups excluding carboxylic acids is 1. The Morgan fingerprint density at radius 2 is 2.08 bits per heavy atom. The van der Waals surface area contributed by atoms with Crippen LogP contribution in [0.25, 0.3) is 0 Å². The molecule has 1 atom stereocenters. The first-order chi connectivity index (χ1) is 11.8. The molecular weight excluding hydrogens is 302 g/mol. The molecule has 0 aromatic carbocycles. The normalized spacial score (nSPS) is 22.6. The van der Waals surface area contributed by atoms with E-state index in [-0.39, 0.29) is 5.91 Å². The highest BCUT2D eigenvalue weighted by atomic mass is 16.2. The van der Waals surface area contributed by atoms with E-state index in [1.165, 1.54) is 6.42 Å². The molecular formula is C18H29N5O. The van der Waals surface area contributed by atoms with Gasteiger partial charge in [-0.25, -0.2) is 4.98 Å². The molecule has 0 radical (unpaired) electrons. The first-order valence-corrected chi connectivity index (χ1v) is 9.07. The molecule has 0 spiro atoms. The fraction of sp³-hybridized carbons (Fsp3) is 0.667. The Bertz CT molecular complexity index is 515. The van der Waals surface area contributed by atoms with Crippen molar-refractivity contribution in [2.24, 2.45) is 5.92 Å². The summed E-state index contributed by atoms with van der Waals surface area (Å²) in [5.41, 5.74) is 0. The minimum absolute atomic E-state index is 0.238. The lowest BCUT2D eigenvalue weighted by molar-refractivity contribution is -0.132. The van der Waals surface area contributed by atoms with Crippen LogP contribution < -0.4 is 10.2 Å². The van der Waals surface area contributed by atoms with E-state index in [0.29, 0.717) is 12.5 Å². The van der Waals surface area contributed by atoms with E-state index < -0.39 is 0 Å². The number of rotatable bonds is 5. The van der Waals surface area contributed by atoms with Crippen molar-refractivity contribution in [3.63, 3.8) is 0 Å². The van der Waals surface area contributed by atoms with Gasteiger partial charge in [-0.3, -0.25) is 9.69 Å². The fourth-order valence-corrected chi connectivity index (χ4v) is 3.77. The Labute approximate surface area is 144 Å². The first kappa shape index (κ1) is 17.2. The third-order valence-corrected chi connectivity index (χ3v) is 5.06. The van der Waals surface area contributed by atoms with Crippen LogP contribution in [0.4, 0.5) is 5.82 Å². The summed E-state index contributed by atoms with van der Waals surface area (Å²) in [6.07, 6.45) is 4.23. The molecule has 1 N–H and O–H groups in total. The van der Waals surface area contributed by atoms with Crippen molar-refractivity contribution in [2.45, 2.75) is 12.8 Å². The fourth-order valence-electron chi connectivity index (χ4n) is 3.77. The van der Waals surface area contributed by atoms with Crippen LogP contribution >= 0.6 is 0 Å². The molecule has 6 heteroatoms. The highest BCUT2D eigenvalue weighted by Crippen LogP contribution is 2.19. The second-order valence-electron chi connectivity index (χ2n) is 6.85. The number of hydrogen-bond acceptors (Lipinski definition) is 5. The zero-order valence-corrected chi connectivity index (χ0v) is 14.7. The van der Waals surface area contributed by atoms with Crippen LogP contribution in [0.2, 0.25) is 0 Å². The Morgan fingerprint density at radius 3 is 2.79 bits per heavy atom. The van der Waals surface area contributed by atoms with Crippen molar-refractivity contribution in [1.82, 2.24) is 20.1 Å². The van der Waals surface area contributed by atoms with Gasteiger partial charge in [-0.15, -0.1) is 0 Å². The zero-order chi connectivity index (χ0) is 16.8. The molecule has 1 aromatic heterocycles.